The van der Waals surface area contributed by atoms with Crippen molar-refractivity contribution in [1.29, 1.82) is 0 Å². The maximum absolute atomic E-state index is 13.2. The molecule has 0 radical (unpaired) electrons. The van der Waals surface area contributed by atoms with Crippen LogP contribution in [0.2, 0.25) is 0 Å². The molecule has 3 aromatic rings. The number of carboxylic acids is 1. The summed E-state index contributed by atoms with van der Waals surface area (Å²) in [6.07, 6.45) is -1.71. The average Bonchev–Trinajstić information content (AvgIpc) is 3.21. The fourth-order valence-corrected chi connectivity index (χ4v) is 3.55. The highest BCUT2D eigenvalue weighted by Crippen LogP contribution is 2.20. The van der Waals surface area contributed by atoms with E-state index < -0.39 is 12.1 Å². The van der Waals surface area contributed by atoms with Crippen molar-refractivity contribution in [2.24, 2.45) is 0 Å². The van der Waals surface area contributed by atoms with Crippen LogP contribution in [-0.4, -0.2) is 67.9 Å². The first-order valence-corrected chi connectivity index (χ1v) is 10.6. The second-order valence-electron chi connectivity index (χ2n) is 8.21. The number of rotatable bonds is 4. The van der Waals surface area contributed by atoms with Crippen molar-refractivity contribution in [3.8, 4) is 5.69 Å². The number of carboxylic acid groups (broad SMARTS) is 1. The molecule has 2 aromatic heterocycles. The molecule has 0 fully saturated rings. The van der Waals surface area contributed by atoms with Gasteiger partial charge in [-0.1, -0.05) is 0 Å². The molecular formula is C23H23F4N5O4. The Morgan fingerprint density at radius 2 is 1.72 bits per heavy atom. The number of carbonyl (C=O) groups excluding carboxylic acids is 1. The van der Waals surface area contributed by atoms with E-state index in [1.807, 2.05) is 25.0 Å². The number of alkyl halides is 3. The molecule has 13 heteroatoms. The third kappa shape index (κ3) is 6.36. The second-order valence-corrected chi connectivity index (χ2v) is 8.21. The van der Waals surface area contributed by atoms with Gasteiger partial charge in [-0.25, -0.2) is 9.18 Å². The van der Waals surface area contributed by atoms with Crippen LogP contribution in [0.15, 0.2) is 53.6 Å². The molecule has 1 aliphatic heterocycles. The lowest BCUT2D eigenvalue weighted by Crippen LogP contribution is -2.39. The molecule has 1 N–H and O–H groups in total. The first-order chi connectivity index (χ1) is 16.9. The first kappa shape index (κ1) is 26.6. The van der Waals surface area contributed by atoms with Crippen molar-refractivity contribution >= 4 is 11.9 Å². The molecule has 36 heavy (non-hydrogen) atoms. The largest absolute Gasteiger partial charge is 0.490 e. The number of aromatic nitrogens is 3. The van der Waals surface area contributed by atoms with Crippen LogP contribution in [0.4, 0.5) is 17.6 Å². The molecule has 0 unspecified atom stereocenters. The maximum Gasteiger partial charge on any atom is 0.490 e. The van der Waals surface area contributed by atoms with Crippen molar-refractivity contribution < 1.29 is 32.3 Å². The summed E-state index contributed by atoms with van der Waals surface area (Å²) in [7, 11) is 3.99. The number of nitrogens with zero attached hydrogens (tertiary/aromatic N) is 5. The van der Waals surface area contributed by atoms with Gasteiger partial charge in [0.15, 0.2) is 0 Å². The van der Waals surface area contributed by atoms with Crippen LogP contribution in [-0.2, 0) is 24.4 Å². The van der Waals surface area contributed by atoms with Crippen LogP contribution in [0.25, 0.3) is 5.69 Å². The lowest BCUT2D eigenvalue weighted by atomic mass is 10.1. The summed E-state index contributed by atoms with van der Waals surface area (Å²) in [5.41, 5.74) is 2.78. The Hall–Kier alpha value is -4.00. The van der Waals surface area contributed by atoms with E-state index in [-0.39, 0.29) is 17.3 Å². The maximum atomic E-state index is 13.2. The standard InChI is InChI=1S/C21H22FN5O2.C2HF3O2/c1-24(2)12-16-11-23-27-10-9-25(14-19(16)27)21(29)15-3-8-20(28)26(13-15)18-6-4-17(22)5-7-18;3-2(4,5)1(6)7/h3-8,11,13H,9-10,12,14H2,1-2H3;(H,6,7). The topological polar surface area (TPSA) is 101 Å². The fourth-order valence-electron chi connectivity index (χ4n) is 3.55. The summed E-state index contributed by atoms with van der Waals surface area (Å²) in [5, 5.41) is 11.5. The Balaban J connectivity index is 0.000000454. The van der Waals surface area contributed by atoms with Crippen molar-refractivity contribution in [2.75, 3.05) is 20.6 Å². The zero-order valence-corrected chi connectivity index (χ0v) is 19.4. The smallest absolute Gasteiger partial charge is 0.475 e. The van der Waals surface area contributed by atoms with Gasteiger partial charge in [0, 0.05) is 36.6 Å². The van der Waals surface area contributed by atoms with Crippen LogP contribution in [0.3, 0.4) is 0 Å². The van der Waals surface area contributed by atoms with Gasteiger partial charge in [0.1, 0.15) is 5.82 Å². The third-order valence-corrected chi connectivity index (χ3v) is 5.24. The third-order valence-electron chi connectivity index (χ3n) is 5.24. The molecule has 3 heterocycles. The number of hydrogen-bond donors (Lipinski definition) is 1. The molecule has 0 bridgehead atoms. The van der Waals surface area contributed by atoms with Crippen molar-refractivity contribution in [3.05, 3.63) is 81.8 Å². The van der Waals surface area contributed by atoms with Gasteiger partial charge in [-0.05, 0) is 44.4 Å². The summed E-state index contributed by atoms with van der Waals surface area (Å²) in [6.45, 7) is 2.40. The van der Waals surface area contributed by atoms with E-state index in [0.717, 1.165) is 17.8 Å². The Morgan fingerprint density at radius 1 is 1.08 bits per heavy atom. The Bertz CT molecular complexity index is 1300. The zero-order valence-electron chi connectivity index (χ0n) is 19.4. The number of fused-ring (bicyclic) bond motifs is 1. The van der Waals surface area contributed by atoms with Crippen LogP contribution in [0, 0.1) is 5.82 Å². The Kier molecular flexibility index (Phi) is 7.93. The number of carbonyl (C=O) groups is 2. The number of benzene rings is 1. The normalized spacial score (nSPS) is 13.1. The number of aliphatic carboxylic acids is 1. The number of hydrogen-bond acceptors (Lipinski definition) is 5. The van der Waals surface area contributed by atoms with Gasteiger partial charge in [0.05, 0.1) is 30.5 Å². The van der Waals surface area contributed by atoms with Gasteiger partial charge in [0.25, 0.3) is 11.5 Å². The van der Waals surface area contributed by atoms with Crippen LogP contribution >= 0.6 is 0 Å². The number of amides is 1. The molecule has 0 spiro atoms. The highest BCUT2D eigenvalue weighted by atomic mass is 19.4. The lowest BCUT2D eigenvalue weighted by molar-refractivity contribution is -0.192. The monoisotopic (exact) mass is 509 g/mol. The van der Waals surface area contributed by atoms with Gasteiger partial charge in [0.2, 0.25) is 0 Å². The lowest BCUT2D eigenvalue weighted by Gasteiger charge is -2.29. The Morgan fingerprint density at radius 3 is 2.31 bits per heavy atom. The van der Waals surface area contributed by atoms with E-state index >= 15 is 0 Å². The van der Waals surface area contributed by atoms with Crippen molar-refractivity contribution in [2.45, 2.75) is 25.8 Å². The second kappa shape index (κ2) is 10.7. The van der Waals surface area contributed by atoms with Gasteiger partial charge < -0.3 is 14.9 Å². The molecule has 1 aromatic carbocycles. The van der Waals surface area contributed by atoms with E-state index in [1.165, 1.54) is 47.2 Å². The van der Waals surface area contributed by atoms with E-state index in [2.05, 4.69) is 10.00 Å². The van der Waals surface area contributed by atoms with Gasteiger partial charge in [-0.2, -0.15) is 18.3 Å². The van der Waals surface area contributed by atoms with Crippen molar-refractivity contribution in [3.63, 3.8) is 0 Å². The summed E-state index contributed by atoms with van der Waals surface area (Å²) < 4.78 is 48.2. The summed E-state index contributed by atoms with van der Waals surface area (Å²) in [4.78, 5) is 38.1. The van der Waals surface area contributed by atoms with Gasteiger partial charge in [-0.3, -0.25) is 18.8 Å². The van der Waals surface area contributed by atoms with E-state index in [9.17, 15) is 27.2 Å². The predicted molar refractivity (Wildman–Crippen MR) is 120 cm³/mol. The van der Waals surface area contributed by atoms with E-state index in [4.69, 9.17) is 9.90 Å². The highest BCUT2D eigenvalue weighted by molar-refractivity contribution is 5.94. The number of halogens is 4. The van der Waals surface area contributed by atoms with Gasteiger partial charge in [-0.15, -0.1) is 0 Å². The fraction of sp³-hybridized carbons (Fsp3) is 0.304. The van der Waals surface area contributed by atoms with E-state index in [0.29, 0.717) is 30.9 Å². The predicted octanol–water partition coefficient (Wildman–Crippen LogP) is 2.52. The van der Waals surface area contributed by atoms with Crippen LogP contribution in [0.1, 0.15) is 21.6 Å². The molecule has 0 saturated carbocycles. The van der Waals surface area contributed by atoms with E-state index in [1.54, 1.807) is 4.90 Å². The molecule has 9 nitrogen and oxygen atoms in total. The quantitative estimate of drug-likeness (QED) is 0.543. The summed E-state index contributed by atoms with van der Waals surface area (Å²) in [6, 6.07) is 8.50. The minimum atomic E-state index is -5.08. The van der Waals surface area contributed by atoms with Crippen molar-refractivity contribution in [1.82, 2.24) is 24.1 Å². The molecular weight excluding hydrogens is 486 g/mol. The minimum Gasteiger partial charge on any atom is -0.475 e. The molecule has 4 rings (SSSR count). The molecule has 0 aliphatic carbocycles. The zero-order chi connectivity index (χ0) is 26.6. The van der Waals surface area contributed by atoms with Gasteiger partial charge >= 0.3 is 12.1 Å². The van der Waals surface area contributed by atoms with Crippen LogP contribution in [0.5, 0.6) is 0 Å². The molecule has 192 valence electrons. The minimum absolute atomic E-state index is 0.149. The average molecular weight is 509 g/mol. The SMILES string of the molecule is CN(C)Cc1cnn2c1CN(C(=O)c1ccc(=O)n(-c3ccc(F)cc3)c1)CC2.O=C(O)C(F)(F)F. The summed E-state index contributed by atoms with van der Waals surface area (Å²) in [5.74, 6) is -3.29. The molecule has 0 saturated heterocycles. The number of pyridine rings is 1. The highest BCUT2D eigenvalue weighted by Gasteiger charge is 2.38. The Labute approximate surface area is 202 Å². The molecule has 1 aliphatic rings. The molecule has 0 atom stereocenters. The summed E-state index contributed by atoms with van der Waals surface area (Å²) >= 11 is 0. The van der Waals surface area contributed by atoms with Crippen LogP contribution < -0.4 is 5.56 Å². The molecule has 1 amide bonds. The first-order valence-electron chi connectivity index (χ1n) is 10.6.